The molecule has 1 aliphatic rings. The van der Waals surface area contributed by atoms with Crippen LogP contribution in [0.2, 0.25) is 0 Å². The van der Waals surface area contributed by atoms with E-state index in [0.717, 1.165) is 23.9 Å². The van der Waals surface area contributed by atoms with Gasteiger partial charge in [0.1, 0.15) is 18.1 Å². The fourth-order valence-electron chi connectivity index (χ4n) is 2.75. The third kappa shape index (κ3) is 4.57. The Morgan fingerprint density at radius 3 is 2.55 bits per heavy atom. The van der Waals surface area contributed by atoms with Crippen molar-refractivity contribution >= 4 is 11.6 Å². The second-order valence-electron chi connectivity index (χ2n) is 5.28. The number of nitrogens with one attached hydrogen (secondary N) is 1. The van der Waals surface area contributed by atoms with Crippen molar-refractivity contribution in [1.82, 2.24) is 5.32 Å². The lowest BCUT2D eigenvalue weighted by Crippen LogP contribution is -2.41. The first-order chi connectivity index (χ1) is 9.83. The molecule has 1 aromatic rings. The Labute approximate surface area is 126 Å². The molecule has 0 saturated heterocycles. The Morgan fingerprint density at radius 1 is 1.15 bits per heavy atom. The molecule has 0 bridgehead atoms. The minimum Gasteiger partial charge on any atom is -0.497 e. The number of hydrogen-bond acceptors (Lipinski definition) is 3. The van der Waals surface area contributed by atoms with Gasteiger partial charge in [0.25, 0.3) is 0 Å². The lowest BCUT2D eigenvalue weighted by Gasteiger charge is -2.31. The molecule has 1 aromatic carbocycles. The highest BCUT2D eigenvalue weighted by molar-refractivity contribution is 6.18. The van der Waals surface area contributed by atoms with Crippen LogP contribution in [-0.2, 0) is 0 Å². The molecule has 1 saturated carbocycles. The predicted molar refractivity (Wildman–Crippen MR) is 83.0 cm³/mol. The van der Waals surface area contributed by atoms with E-state index >= 15 is 0 Å². The highest BCUT2D eigenvalue weighted by atomic mass is 35.5. The second kappa shape index (κ2) is 8.38. The SMILES string of the molecule is COc1ccc(OCCNC2CCCCC2CCl)cc1. The van der Waals surface area contributed by atoms with E-state index in [0.29, 0.717) is 18.6 Å². The van der Waals surface area contributed by atoms with E-state index in [1.807, 2.05) is 24.3 Å². The summed E-state index contributed by atoms with van der Waals surface area (Å²) in [6, 6.07) is 8.24. The van der Waals surface area contributed by atoms with Gasteiger partial charge in [-0.2, -0.15) is 0 Å². The first-order valence-electron chi connectivity index (χ1n) is 7.39. The van der Waals surface area contributed by atoms with Crippen LogP contribution in [0.5, 0.6) is 11.5 Å². The second-order valence-corrected chi connectivity index (χ2v) is 5.59. The van der Waals surface area contributed by atoms with Crippen molar-refractivity contribution in [2.45, 2.75) is 31.7 Å². The first-order valence-corrected chi connectivity index (χ1v) is 7.93. The molecule has 0 spiro atoms. The van der Waals surface area contributed by atoms with Gasteiger partial charge in [-0.05, 0) is 43.0 Å². The fraction of sp³-hybridized carbons (Fsp3) is 0.625. The summed E-state index contributed by atoms with van der Waals surface area (Å²) in [6.45, 7) is 1.54. The lowest BCUT2D eigenvalue weighted by molar-refractivity contribution is 0.253. The van der Waals surface area contributed by atoms with E-state index < -0.39 is 0 Å². The van der Waals surface area contributed by atoms with Crippen molar-refractivity contribution in [3.63, 3.8) is 0 Å². The Balaban J connectivity index is 1.67. The number of halogens is 1. The number of alkyl halides is 1. The third-order valence-electron chi connectivity index (χ3n) is 3.94. The monoisotopic (exact) mass is 297 g/mol. The number of rotatable bonds is 7. The van der Waals surface area contributed by atoms with Gasteiger partial charge in [-0.1, -0.05) is 12.8 Å². The molecule has 20 heavy (non-hydrogen) atoms. The molecule has 1 aliphatic carbocycles. The molecule has 2 rings (SSSR count). The number of methoxy groups -OCH3 is 1. The smallest absolute Gasteiger partial charge is 0.119 e. The summed E-state index contributed by atoms with van der Waals surface area (Å²) in [4.78, 5) is 0. The predicted octanol–water partition coefficient (Wildman–Crippen LogP) is 3.46. The van der Waals surface area contributed by atoms with Crippen molar-refractivity contribution in [2.75, 3.05) is 26.1 Å². The maximum atomic E-state index is 6.03. The summed E-state index contributed by atoms with van der Waals surface area (Å²) in [5, 5.41) is 3.58. The van der Waals surface area contributed by atoms with E-state index in [1.165, 1.54) is 25.7 Å². The Bertz CT molecular complexity index is 383. The van der Waals surface area contributed by atoms with Crippen LogP contribution in [0.4, 0.5) is 0 Å². The largest absolute Gasteiger partial charge is 0.497 e. The third-order valence-corrected chi connectivity index (χ3v) is 4.34. The van der Waals surface area contributed by atoms with E-state index in [2.05, 4.69) is 5.32 Å². The van der Waals surface area contributed by atoms with Gasteiger partial charge in [0.05, 0.1) is 7.11 Å². The number of ether oxygens (including phenoxy) is 2. The van der Waals surface area contributed by atoms with Crippen LogP contribution in [0.1, 0.15) is 25.7 Å². The van der Waals surface area contributed by atoms with Crippen LogP contribution in [0.25, 0.3) is 0 Å². The first kappa shape index (κ1) is 15.5. The maximum Gasteiger partial charge on any atom is 0.119 e. The van der Waals surface area contributed by atoms with E-state index in [1.54, 1.807) is 7.11 Å². The zero-order valence-electron chi connectivity index (χ0n) is 12.1. The fourth-order valence-corrected chi connectivity index (χ4v) is 3.12. The topological polar surface area (TPSA) is 30.5 Å². The van der Waals surface area contributed by atoms with E-state index in [-0.39, 0.29) is 0 Å². The molecule has 0 radical (unpaired) electrons. The molecule has 112 valence electrons. The average molecular weight is 298 g/mol. The van der Waals surface area contributed by atoms with Crippen LogP contribution in [0.3, 0.4) is 0 Å². The minimum atomic E-state index is 0.556. The van der Waals surface area contributed by atoms with Gasteiger partial charge in [0, 0.05) is 18.5 Å². The van der Waals surface area contributed by atoms with Gasteiger partial charge in [-0.3, -0.25) is 0 Å². The van der Waals surface area contributed by atoms with E-state index in [4.69, 9.17) is 21.1 Å². The molecular formula is C16H24ClNO2. The molecule has 0 amide bonds. The van der Waals surface area contributed by atoms with Crippen LogP contribution in [0.15, 0.2) is 24.3 Å². The zero-order chi connectivity index (χ0) is 14.2. The van der Waals surface area contributed by atoms with Gasteiger partial charge in [-0.25, -0.2) is 0 Å². The molecule has 3 nitrogen and oxygen atoms in total. The highest BCUT2D eigenvalue weighted by Crippen LogP contribution is 2.25. The maximum absolute atomic E-state index is 6.03. The number of benzene rings is 1. The average Bonchev–Trinajstić information content (AvgIpc) is 2.52. The quantitative estimate of drug-likeness (QED) is 0.617. The molecule has 2 atom stereocenters. The van der Waals surface area contributed by atoms with Gasteiger partial charge in [0.2, 0.25) is 0 Å². The van der Waals surface area contributed by atoms with Crippen LogP contribution in [-0.4, -0.2) is 32.2 Å². The lowest BCUT2D eigenvalue weighted by atomic mass is 9.86. The molecule has 0 aromatic heterocycles. The summed E-state index contributed by atoms with van der Waals surface area (Å²) in [5.41, 5.74) is 0. The van der Waals surface area contributed by atoms with Gasteiger partial charge >= 0.3 is 0 Å². The molecular weight excluding hydrogens is 274 g/mol. The molecule has 1 N–H and O–H groups in total. The Hall–Kier alpha value is -0.930. The molecule has 1 fully saturated rings. The zero-order valence-corrected chi connectivity index (χ0v) is 12.9. The standard InChI is InChI=1S/C16H24ClNO2/c1-19-14-6-8-15(9-7-14)20-11-10-18-16-5-3-2-4-13(16)12-17/h6-9,13,16,18H,2-5,10-12H2,1H3. The molecule has 0 heterocycles. The van der Waals surface area contributed by atoms with Crippen molar-refractivity contribution in [2.24, 2.45) is 5.92 Å². The van der Waals surface area contributed by atoms with Crippen LogP contribution < -0.4 is 14.8 Å². The van der Waals surface area contributed by atoms with Crippen molar-refractivity contribution < 1.29 is 9.47 Å². The Morgan fingerprint density at radius 2 is 1.85 bits per heavy atom. The molecule has 2 unspecified atom stereocenters. The van der Waals surface area contributed by atoms with Crippen molar-refractivity contribution in [1.29, 1.82) is 0 Å². The summed E-state index contributed by atoms with van der Waals surface area (Å²) in [5.74, 6) is 3.11. The number of hydrogen-bond donors (Lipinski definition) is 1. The normalized spacial score (nSPS) is 22.5. The van der Waals surface area contributed by atoms with Gasteiger partial charge < -0.3 is 14.8 Å². The summed E-state index contributed by atoms with van der Waals surface area (Å²) in [6.07, 6.45) is 5.11. The summed E-state index contributed by atoms with van der Waals surface area (Å²) in [7, 11) is 1.66. The Kier molecular flexibility index (Phi) is 6.48. The van der Waals surface area contributed by atoms with Crippen LogP contribution in [0, 0.1) is 5.92 Å². The van der Waals surface area contributed by atoms with Gasteiger partial charge in [0.15, 0.2) is 0 Å². The minimum absolute atomic E-state index is 0.556. The molecule has 0 aliphatic heterocycles. The summed E-state index contributed by atoms with van der Waals surface area (Å²) >= 11 is 6.03. The van der Waals surface area contributed by atoms with Crippen molar-refractivity contribution in [3.05, 3.63) is 24.3 Å². The van der Waals surface area contributed by atoms with Gasteiger partial charge in [-0.15, -0.1) is 11.6 Å². The van der Waals surface area contributed by atoms with Crippen LogP contribution >= 0.6 is 11.6 Å². The molecule has 4 heteroatoms. The highest BCUT2D eigenvalue weighted by Gasteiger charge is 2.23. The van der Waals surface area contributed by atoms with Crippen molar-refractivity contribution in [3.8, 4) is 11.5 Å². The summed E-state index contributed by atoms with van der Waals surface area (Å²) < 4.78 is 10.8. The van der Waals surface area contributed by atoms with E-state index in [9.17, 15) is 0 Å².